The maximum Gasteiger partial charge on any atom is 0.231 e. The highest BCUT2D eigenvalue weighted by atomic mass is 16.3. The Balaban J connectivity index is 2.80. The van der Waals surface area contributed by atoms with E-state index in [0.717, 1.165) is 0 Å². The minimum absolute atomic E-state index is 0.0595. The Morgan fingerprint density at radius 3 is 2.24 bits per heavy atom. The van der Waals surface area contributed by atoms with Gasteiger partial charge in [0.25, 0.3) is 0 Å². The van der Waals surface area contributed by atoms with E-state index in [1.165, 1.54) is 12.1 Å². The third kappa shape index (κ3) is 2.97. The third-order valence-corrected chi connectivity index (χ3v) is 3.35. The summed E-state index contributed by atoms with van der Waals surface area (Å²) in [5.74, 6) is 0.120. The number of benzene rings is 1. The molecule has 0 aliphatic rings. The molecule has 4 nitrogen and oxygen atoms in total. The normalized spacial score (nSPS) is 11.2. The Hall–Kier alpha value is -1.55. The molecule has 17 heavy (non-hydrogen) atoms. The second kappa shape index (κ2) is 5.68. The van der Waals surface area contributed by atoms with E-state index in [0.29, 0.717) is 25.1 Å². The summed E-state index contributed by atoms with van der Waals surface area (Å²) in [6.07, 6.45) is 1.42. The number of phenolic OH excluding ortho intramolecular Hbond substituents is 1. The van der Waals surface area contributed by atoms with Gasteiger partial charge < -0.3 is 16.2 Å². The molecule has 0 heterocycles. The minimum Gasteiger partial charge on any atom is -0.508 e. The van der Waals surface area contributed by atoms with Gasteiger partial charge in [0.05, 0.1) is 5.41 Å². The average Bonchev–Trinajstić information content (AvgIpc) is 2.35. The van der Waals surface area contributed by atoms with Crippen molar-refractivity contribution in [3.05, 3.63) is 24.3 Å². The summed E-state index contributed by atoms with van der Waals surface area (Å²) < 4.78 is 0. The minimum atomic E-state index is -0.502. The van der Waals surface area contributed by atoms with Crippen LogP contribution in [0, 0.1) is 5.41 Å². The number of hydrogen-bond acceptors (Lipinski definition) is 3. The molecule has 1 rings (SSSR count). The molecule has 0 fully saturated rings. The van der Waals surface area contributed by atoms with Gasteiger partial charge in [-0.1, -0.05) is 13.8 Å². The van der Waals surface area contributed by atoms with Crippen LogP contribution in [-0.4, -0.2) is 17.6 Å². The van der Waals surface area contributed by atoms with Gasteiger partial charge in [0, 0.05) is 12.2 Å². The molecule has 4 heteroatoms. The topological polar surface area (TPSA) is 75.4 Å². The maximum atomic E-state index is 12.2. The molecule has 0 atom stereocenters. The monoisotopic (exact) mass is 236 g/mol. The van der Waals surface area contributed by atoms with Crippen LogP contribution in [0.15, 0.2) is 24.3 Å². The number of aromatic hydroxyl groups is 1. The standard InChI is InChI=1S/C13H20N2O2/c1-3-13(4-2,9-14)12(17)15-10-5-7-11(16)8-6-10/h5-8,16H,3-4,9,14H2,1-2H3,(H,15,17). The van der Waals surface area contributed by atoms with Crippen LogP contribution in [0.5, 0.6) is 5.75 Å². The highest BCUT2D eigenvalue weighted by Gasteiger charge is 2.33. The first-order valence-electron chi connectivity index (χ1n) is 5.88. The van der Waals surface area contributed by atoms with Gasteiger partial charge in [-0.2, -0.15) is 0 Å². The second-order valence-corrected chi connectivity index (χ2v) is 4.19. The zero-order chi connectivity index (χ0) is 12.9. The van der Waals surface area contributed by atoms with Gasteiger partial charge in [-0.05, 0) is 37.1 Å². The molecular weight excluding hydrogens is 216 g/mol. The van der Waals surface area contributed by atoms with Crippen LogP contribution in [0.25, 0.3) is 0 Å². The summed E-state index contributed by atoms with van der Waals surface area (Å²) in [6.45, 7) is 4.27. The predicted molar refractivity (Wildman–Crippen MR) is 68.8 cm³/mol. The Morgan fingerprint density at radius 2 is 1.82 bits per heavy atom. The smallest absolute Gasteiger partial charge is 0.231 e. The molecule has 0 unspecified atom stereocenters. The summed E-state index contributed by atoms with van der Waals surface area (Å²) in [7, 11) is 0. The molecule has 1 aromatic rings. The maximum absolute atomic E-state index is 12.2. The van der Waals surface area contributed by atoms with E-state index >= 15 is 0 Å². The number of carbonyl (C=O) groups excluding carboxylic acids is 1. The predicted octanol–water partition coefficient (Wildman–Crippen LogP) is 2.10. The summed E-state index contributed by atoms with van der Waals surface area (Å²) in [5, 5.41) is 12.0. The Bertz CT molecular complexity index is 361. The van der Waals surface area contributed by atoms with Crippen LogP contribution >= 0.6 is 0 Å². The molecule has 0 saturated carbocycles. The van der Waals surface area contributed by atoms with Crippen molar-refractivity contribution in [3.8, 4) is 5.75 Å². The summed E-state index contributed by atoms with van der Waals surface area (Å²) in [5.41, 5.74) is 5.88. The number of rotatable bonds is 5. The lowest BCUT2D eigenvalue weighted by Crippen LogP contribution is -2.41. The highest BCUT2D eigenvalue weighted by Crippen LogP contribution is 2.27. The lowest BCUT2D eigenvalue weighted by molar-refractivity contribution is -0.125. The quantitative estimate of drug-likeness (QED) is 0.685. The van der Waals surface area contributed by atoms with Crippen LogP contribution in [0.1, 0.15) is 26.7 Å². The molecule has 0 spiro atoms. The van der Waals surface area contributed by atoms with E-state index in [1.54, 1.807) is 12.1 Å². The fourth-order valence-electron chi connectivity index (χ4n) is 1.76. The Morgan fingerprint density at radius 1 is 1.29 bits per heavy atom. The number of anilines is 1. The molecule has 0 aliphatic carbocycles. The Kier molecular flexibility index (Phi) is 4.52. The fourth-order valence-corrected chi connectivity index (χ4v) is 1.76. The molecule has 4 N–H and O–H groups in total. The molecule has 0 saturated heterocycles. The van der Waals surface area contributed by atoms with Gasteiger partial charge in [-0.3, -0.25) is 4.79 Å². The summed E-state index contributed by atoms with van der Waals surface area (Å²) in [6, 6.07) is 6.41. The fraction of sp³-hybridized carbons (Fsp3) is 0.462. The molecule has 0 radical (unpaired) electrons. The van der Waals surface area contributed by atoms with Crippen LogP contribution < -0.4 is 11.1 Å². The van der Waals surface area contributed by atoms with Gasteiger partial charge in [0.1, 0.15) is 5.75 Å². The van der Waals surface area contributed by atoms with E-state index in [2.05, 4.69) is 5.32 Å². The van der Waals surface area contributed by atoms with Crippen molar-refractivity contribution in [2.45, 2.75) is 26.7 Å². The van der Waals surface area contributed by atoms with Crippen molar-refractivity contribution in [2.24, 2.45) is 11.1 Å². The molecule has 0 aromatic heterocycles. The number of amides is 1. The second-order valence-electron chi connectivity index (χ2n) is 4.19. The van der Waals surface area contributed by atoms with Gasteiger partial charge in [0.2, 0.25) is 5.91 Å². The van der Waals surface area contributed by atoms with E-state index < -0.39 is 5.41 Å². The van der Waals surface area contributed by atoms with E-state index in [1.807, 2.05) is 13.8 Å². The van der Waals surface area contributed by atoms with Gasteiger partial charge in [-0.15, -0.1) is 0 Å². The molecule has 1 amide bonds. The molecule has 0 aliphatic heterocycles. The van der Waals surface area contributed by atoms with Crippen molar-refractivity contribution < 1.29 is 9.90 Å². The zero-order valence-corrected chi connectivity index (χ0v) is 10.4. The molecule has 1 aromatic carbocycles. The van der Waals surface area contributed by atoms with E-state index in [9.17, 15) is 4.79 Å². The Labute approximate surface area is 102 Å². The molecular formula is C13H20N2O2. The number of nitrogens with two attached hydrogens (primary N) is 1. The number of hydrogen-bond donors (Lipinski definition) is 3. The van der Waals surface area contributed by atoms with Gasteiger partial charge in [0.15, 0.2) is 0 Å². The van der Waals surface area contributed by atoms with Crippen LogP contribution in [0.3, 0.4) is 0 Å². The van der Waals surface area contributed by atoms with Crippen LogP contribution in [0.4, 0.5) is 5.69 Å². The van der Waals surface area contributed by atoms with Crippen molar-refractivity contribution in [1.82, 2.24) is 0 Å². The molecule has 0 bridgehead atoms. The van der Waals surface area contributed by atoms with Crippen LogP contribution in [0.2, 0.25) is 0 Å². The van der Waals surface area contributed by atoms with Crippen molar-refractivity contribution in [3.63, 3.8) is 0 Å². The number of carbonyl (C=O) groups is 1. The lowest BCUT2D eigenvalue weighted by atomic mass is 9.81. The average molecular weight is 236 g/mol. The van der Waals surface area contributed by atoms with E-state index in [-0.39, 0.29) is 11.7 Å². The number of nitrogens with one attached hydrogen (secondary N) is 1. The van der Waals surface area contributed by atoms with E-state index in [4.69, 9.17) is 10.8 Å². The van der Waals surface area contributed by atoms with Crippen LogP contribution in [-0.2, 0) is 4.79 Å². The zero-order valence-electron chi connectivity index (χ0n) is 10.4. The largest absolute Gasteiger partial charge is 0.508 e. The number of phenols is 1. The summed E-state index contributed by atoms with van der Waals surface area (Å²) in [4.78, 5) is 12.2. The van der Waals surface area contributed by atoms with Crippen molar-refractivity contribution in [2.75, 3.05) is 11.9 Å². The first kappa shape index (κ1) is 13.5. The third-order valence-electron chi connectivity index (χ3n) is 3.35. The van der Waals surface area contributed by atoms with Crippen molar-refractivity contribution >= 4 is 11.6 Å². The van der Waals surface area contributed by atoms with Gasteiger partial charge >= 0.3 is 0 Å². The SMILES string of the molecule is CCC(CC)(CN)C(=O)Nc1ccc(O)cc1. The van der Waals surface area contributed by atoms with Gasteiger partial charge in [-0.25, -0.2) is 0 Å². The molecule has 94 valence electrons. The first-order chi connectivity index (χ1) is 8.07. The summed E-state index contributed by atoms with van der Waals surface area (Å²) >= 11 is 0. The van der Waals surface area contributed by atoms with Crippen molar-refractivity contribution in [1.29, 1.82) is 0 Å². The lowest BCUT2D eigenvalue weighted by Gasteiger charge is -2.28. The highest BCUT2D eigenvalue weighted by molar-refractivity contribution is 5.95. The first-order valence-corrected chi connectivity index (χ1v) is 5.88.